The van der Waals surface area contributed by atoms with E-state index < -0.39 is 30.6 Å². The number of amidine groups is 1. The number of morpholine rings is 1. The molecule has 0 radical (unpaired) electrons. The van der Waals surface area contributed by atoms with Gasteiger partial charge in [-0.05, 0) is 61.6 Å². The summed E-state index contributed by atoms with van der Waals surface area (Å²) in [6.07, 6.45) is 4.14. The second kappa shape index (κ2) is 17.3. The first-order valence-electron chi connectivity index (χ1n) is 15.0. The molecule has 18 heteroatoms. The lowest BCUT2D eigenvalue weighted by Gasteiger charge is -2.30. The third-order valence-corrected chi connectivity index (χ3v) is 7.82. The fourth-order valence-corrected chi connectivity index (χ4v) is 5.19. The van der Waals surface area contributed by atoms with Crippen molar-refractivity contribution < 1.29 is 33.3 Å². The summed E-state index contributed by atoms with van der Waals surface area (Å²) in [5, 5.41) is 14.7. The molecule has 258 valence electrons. The van der Waals surface area contributed by atoms with E-state index in [1.807, 2.05) is 25.7 Å². The lowest BCUT2D eigenvalue weighted by molar-refractivity contribution is -0.147. The Labute approximate surface area is 291 Å². The van der Waals surface area contributed by atoms with Crippen LogP contribution in [-0.4, -0.2) is 126 Å². The Hall–Kier alpha value is -4.13. The largest absolute Gasteiger partial charge is 0.471 e. The number of fused-ring (bicyclic) bond motifs is 1. The Morgan fingerprint density at radius 2 is 1.85 bits per heavy atom. The monoisotopic (exact) mass is 747 g/mol. The minimum atomic E-state index is -0.913. The lowest BCUT2D eigenvalue weighted by Crippen LogP contribution is -2.46. The van der Waals surface area contributed by atoms with Crippen LogP contribution in [0, 0.1) is 5.41 Å². The molecule has 0 saturated carbocycles. The van der Waals surface area contributed by atoms with Crippen LogP contribution in [0.15, 0.2) is 50.5 Å². The first-order valence-corrected chi connectivity index (χ1v) is 16.2. The summed E-state index contributed by atoms with van der Waals surface area (Å²) >= 11 is 7.50. The topological polar surface area (TPSA) is 193 Å². The van der Waals surface area contributed by atoms with Crippen LogP contribution in [0.2, 0.25) is 0 Å². The van der Waals surface area contributed by atoms with E-state index in [-0.39, 0.29) is 30.4 Å². The van der Waals surface area contributed by atoms with Gasteiger partial charge < -0.3 is 34.5 Å². The molecule has 3 heterocycles. The number of rotatable bonds is 10. The molecule has 3 N–H and O–H groups in total. The third kappa shape index (κ3) is 10.7. The molecule has 0 aliphatic carbocycles. The third-order valence-electron chi connectivity index (χ3n) is 6.83. The van der Waals surface area contributed by atoms with Crippen LogP contribution < -0.4 is 10.6 Å². The zero-order chi connectivity index (χ0) is 34.7. The van der Waals surface area contributed by atoms with Crippen LogP contribution >= 0.6 is 28.7 Å². The number of hydrogen-bond donors (Lipinski definition) is 4. The van der Waals surface area contributed by atoms with E-state index >= 15 is 0 Å². The Kier molecular flexibility index (Phi) is 13.2. The molecule has 1 aromatic carbocycles. The van der Waals surface area contributed by atoms with E-state index in [1.54, 1.807) is 24.5 Å². The number of aromatic nitrogens is 2. The van der Waals surface area contributed by atoms with E-state index in [9.17, 15) is 14.4 Å². The van der Waals surface area contributed by atoms with Gasteiger partial charge in [-0.3, -0.25) is 30.1 Å². The fourth-order valence-electron chi connectivity index (χ4n) is 4.44. The summed E-state index contributed by atoms with van der Waals surface area (Å²) in [7, 11) is 0. The minimum absolute atomic E-state index is 0.158. The second-order valence-corrected chi connectivity index (χ2v) is 12.5. The molecule has 0 spiro atoms. The quantitative estimate of drug-likeness (QED) is 0.0910. The normalized spacial score (nSPS) is 16.1. The van der Waals surface area contributed by atoms with Crippen molar-refractivity contribution in [2.24, 2.45) is 9.39 Å². The predicted molar refractivity (Wildman–Crippen MR) is 185 cm³/mol. The number of carbonyl (C=O) groups is 3. The molecule has 1 saturated heterocycles. The number of anilines is 1. The number of ether oxygens (including phenoxy) is 4. The number of hydrogen-bond acceptors (Lipinski definition) is 15. The van der Waals surface area contributed by atoms with Gasteiger partial charge in [-0.15, -0.1) is 0 Å². The number of guanidine groups is 1. The van der Waals surface area contributed by atoms with Crippen LogP contribution in [0.5, 0.6) is 0 Å². The molecular weight excluding hydrogens is 710 g/mol. The standard InChI is InChI=1S/C30H38BrN9O7S/c1-30(2,3)36-16-19(17-46-27(32)28(38-48)39-12-14-44-15-13-39)47-24(43)7-6-23(42)45-18-22(41)40-11-10-35-29(40)37-20-4-5-21-26(25(20)31)34-9-8-33-21/h4-9,19,32,36,48H,10-18H2,1-3H3,(H,35,37)/b7-6+,32-27?,38-28+/t19-/m0/s1. The van der Waals surface area contributed by atoms with Crippen LogP contribution in [0.1, 0.15) is 20.8 Å². The SMILES string of the molecule is CC(C)(C)NC[C@@H](COC(=N)/C(=N\S)N1CCOCC1)OC(=O)/C=C/C(=O)OCC(=O)N1CCN=C1Nc1ccc2nccnc2c1Br. The number of halogens is 1. The number of thiol groups is 1. The van der Waals surface area contributed by atoms with Gasteiger partial charge in [-0.2, -0.15) is 4.40 Å². The Balaban J connectivity index is 1.27. The van der Waals surface area contributed by atoms with Gasteiger partial charge in [0.05, 0.1) is 35.4 Å². The first kappa shape index (κ1) is 36.7. The molecule has 1 amide bonds. The fraction of sp³-hybridized carbons (Fsp3) is 0.467. The van der Waals surface area contributed by atoms with Crippen molar-refractivity contribution in [1.82, 2.24) is 25.1 Å². The molecule has 48 heavy (non-hydrogen) atoms. The molecule has 1 atom stereocenters. The molecule has 1 aromatic heterocycles. The van der Waals surface area contributed by atoms with Crippen LogP contribution in [0.25, 0.3) is 11.0 Å². The Morgan fingerprint density at radius 3 is 2.58 bits per heavy atom. The molecular formula is C30H38BrN9O7S. The molecule has 2 aliphatic rings. The first-order chi connectivity index (χ1) is 22.9. The molecule has 0 unspecified atom stereocenters. The number of benzene rings is 1. The van der Waals surface area contributed by atoms with Gasteiger partial charge in [0.25, 0.3) is 11.8 Å². The number of aliphatic imine (C=N–C) groups is 1. The zero-order valence-electron chi connectivity index (χ0n) is 26.8. The number of carbonyl (C=O) groups excluding carboxylic acids is 3. The van der Waals surface area contributed by atoms with Crippen molar-refractivity contribution in [3.63, 3.8) is 0 Å². The summed E-state index contributed by atoms with van der Waals surface area (Å²) in [5.74, 6) is -1.95. The van der Waals surface area contributed by atoms with Gasteiger partial charge >= 0.3 is 11.9 Å². The number of nitrogens with one attached hydrogen (secondary N) is 3. The highest BCUT2D eigenvalue weighted by atomic mass is 79.9. The average molecular weight is 749 g/mol. The summed E-state index contributed by atoms with van der Waals surface area (Å²) in [6, 6.07) is 3.58. The van der Waals surface area contributed by atoms with Crippen molar-refractivity contribution in [3.8, 4) is 0 Å². The maximum absolute atomic E-state index is 12.9. The number of nitrogens with zero attached hydrogens (tertiary/aromatic N) is 6. The predicted octanol–water partition coefficient (Wildman–Crippen LogP) is 1.97. The van der Waals surface area contributed by atoms with Crippen LogP contribution in [0.3, 0.4) is 0 Å². The van der Waals surface area contributed by atoms with Gasteiger partial charge in [0, 0.05) is 56.3 Å². The van der Waals surface area contributed by atoms with Crippen molar-refractivity contribution in [1.29, 1.82) is 5.41 Å². The smallest absolute Gasteiger partial charge is 0.331 e. The summed E-state index contributed by atoms with van der Waals surface area (Å²) in [5.41, 5.74) is 1.67. The maximum Gasteiger partial charge on any atom is 0.331 e. The van der Waals surface area contributed by atoms with Gasteiger partial charge in [-0.25, -0.2) is 9.59 Å². The van der Waals surface area contributed by atoms with E-state index in [4.69, 9.17) is 24.4 Å². The summed E-state index contributed by atoms with van der Waals surface area (Å²) in [6.45, 7) is 8.01. The molecule has 1 fully saturated rings. The molecule has 2 aromatic rings. The number of esters is 2. The Bertz CT molecular complexity index is 1590. The van der Waals surface area contributed by atoms with Gasteiger partial charge in [0.1, 0.15) is 18.2 Å². The van der Waals surface area contributed by atoms with E-state index in [2.05, 4.69) is 58.7 Å². The van der Waals surface area contributed by atoms with Crippen LogP contribution in [-0.2, 0) is 33.3 Å². The summed E-state index contributed by atoms with van der Waals surface area (Å²) in [4.78, 5) is 54.0. The molecule has 0 bridgehead atoms. The van der Waals surface area contributed by atoms with Gasteiger partial charge in [-0.1, -0.05) is 0 Å². The second-order valence-electron chi connectivity index (χ2n) is 11.5. The number of amides is 1. The minimum Gasteiger partial charge on any atom is -0.471 e. The van der Waals surface area contributed by atoms with Crippen molar-refractivity contribution in [2.75, 3.05) is 64.5 Å². The van der Waals surface area contributed by atoms with Crippen molar-refractivity contribution in [2.45, 2.75) is 32.4 Å². The highest BCUT2D eigenvalue weighted by molar-refractivity contribution is 9.10. The van der Waals surface area contributed by atoms with Gasteiger partial charge in [0.15, 0.2) is 12.4 Å². The highest BCUT2D eigenvalue weighted by Gasteiger charge is 2.26. The van der Waals surface area contributed by atoms with Crippen molar-refractivity contribution in [3.05, 3.63) is 41.2 Å². The van der Waals surface area contributed by atoms with Crippen molar-refractivity contribution >= 4 is 81.0 Å². The van der Waals surface area contributed by atoms with Crippen LogP contribution in [0.4, 0.5) is 5.69 Å². The molecule has 16 nitrogen and oxygen atoms in total. The molecule has 4 rings (SSSR count). The lowest BCUT2D eigenvalue weighted by atomic mass is 10.1. The van der Waals surface area contributed by atoms with E-state index in [1.165, 1.54) is 4.90 Å². The summed E-state index contributed by atoms with van der Waals surface area (Å²) < 4.78 is 26.1. The Morgan fingerprint density at radius 1 is 1.12 bits per heavy atom. The van der Waals surface area contributed by atoms with Gasteiger partial charge in [0.2, 0.25) is 5.96 Å². The zero-order valence-corrected chi connectivity index (χ0v) is 29.3. The highest BCUT2D eigenvalue weighted by Crippen LogP contribution is 2.29. The average Bonchev–Trinajstić information content (AvgIpc) is 3.54. The van der Waals surface area contributed by atoms with E-state index in [0.29, 0.717) is 66.5 Å². The maximum atomic E-state index is 12.9. The molecule has 2 aliphatic heterocycles. The van der Waals surface area contributed by atoms with E-state index in [0.717, 1.165) is 12.2 Å².